The molecule has 2 heterocycles. The predicted molar refractivity (Wildman–Crippen MR) is 109 cm³/mol. The molecule has 1 aromatic rings. The summed E-state index contributed by atoms with van der Waals surface area (Å²) in [5, 5.41) is 0. The zero-order valence-corrected chi connectivity index (χ0v) is 17.5. The summed E-state index contributed by atoms with van der Waals surface area (Å²) < 4.78 is 37.8. The molecule has 0 unspecified atom stereocenters. The summed E-state index contributed by atoms with van der Waals surface area (Å²) >= 11 is 0. The van der Waals surface area contributed by atoms with Gasteiger partial charge in [0.25, 0.3) is 0 Å². The molecular weight excluding hydrogens is 381 g/mol. The van der Waals surface area contributed by atoms with E-state index >= 15 is 0 Å². The second-order valence-electron chi connectivity index (χ2n) is 7.83. The van der Waals surface area contributed by atoms with Crippen LogP contribution in [0.3, 0.4) is 0 Å². The standard InChI is InChI=1S/C20H30FN3O3S/c1-3-16(2)24(17-8-13-28(26,27)15-17)20(25)14-22-9-11-23(12-10-22)19-7-5-4-6-18(19)21/h4-7,16-17H,3,8-15H2,1-2H3/t16-,17-/m1/s1. The maximum absolute atomic E-state index is 14.0. The first-order valence-corrected chi connectivity index (χ1v) is 11.9. The highest BCUT2D eigenvalue weighted by Crippen LogP contribution is 2.23. The number of halogens is 1. The molecule has 28 heavy (non-hydrogen) atoms. The lowest BCUT2D eigenvalue weighted by molar-refractivity contribution is -0.136. The number of carbonyl (C=O) groups is 1. The fraction of sp³-hybridized carbons (Fsp3) is 0.650. The van der Waals surface area contributed by atoms with E-state index in [9.17, 15) is 17.6 Å². The van der Waals surface area contributed by atoms with Gasteiger partial charge in [-0.1, -0.05) is 19.1 Å². The van der Waals surface area contributed by atoms with Crippen LogP contribution in [-0.4, -0.2) is 80.4 Å². The molecule has 1 amide bonds. The molecule has 2 fully saturated rings. The number of hydrogen-bond donors (Lipinski definition) is 0. The number of carbonyl (C=O) groups excluding carboxylic acids is 1. The molecule has 3 rings (SSSR count). The Morgan fingerprint density at radius 3 is 2.50 bits per heavy atom. The van der Waals surface area contributed by atoms with E-state index in [1.54, 1.807) is 17.0 Å². The van der Waals surface area contributed by atoms with Crippen molar-refractivity contribution in [2.24, 2.45) is 0 Å². The van der Waals surface area contributed by atoms with Crippen molar-refractivity contribution in [1.82, 2.24) is 9.80 Å². The Balaban J connectivity index is 1.59. The normalized spacial score (nSPS) is 23.5. The summed E-state index contributed by atoms with van der Waals surface area (Å²) in [6.07, 6.45) is 1.32. The Labute approximate surface area is 167 Å². The van der Waals surface area contributed by atoms with Crippen LogP contribution in [0.2, 0.25) is 0 Å². The lowest BCUT2D eigenvalue weighted by Gasteiger charge is -2.39. The smallest absolute Gasteiger partial charge is 0.237 e. The van der Waals surface area contributed by atoms with Gasteiger partial charge in [-0.3, -0.25) is 9.69 Å². The number of amides is 1. The Morgan fingerprint density at radius 2 is 1.93 bits per heavy atom. The molecular formula is C20H30FN3O3S. The number of hydrogen-bond acceptors (Lipinski definition) is 5. The summed E-state index contributed by atoms with van der Waals surface area (Å²) in [4.78, 5) is 18.9. The summed E-state index contributed by atoms with van der Waals surface area (Å²) in [6, 6.07) is 6.55. The van der Waals surface area contributed by atoms with Crippen LogP contribution in [0, 0.1) is 5.82 Å². The van der Waals surface area contributed by atoms with Crippen LogP contribution in [0.15, 0.2) is 24.3 Å². The monoisotopic (exact) mass is 411 g/mol. The van der Waals surface area contributed by atoms with Gasteiger partial charge in [-0.05, 0) is 31.9 Å². The van der Waals surface area contributed by atoms with E-state index in [0.29, 0.717) is 38.3 Å². The predicted octanol–water partition coefficient (Wildman–Crippen LogP) is 1.76. The van der Waals surface area contributed by atoms with Crippen molar-refractivity contribution < 1.29 is 17.6 Å². The topological polar surface area (TPSA) is 60.9 Å². The molecule has 0 bridgehead atoms. The molecule has 2 atom stereocenters. The van der Waals surface area contributed by atoms with Gasteiger partial charge >= 0.3 is 0 Å². The molecule has 0 radical (unpaired) electrons. The molecule has 0 saturated carbocycles. The lowest BCUT2D eigenvalue weighted by Crippen LogP contribution is -2.54. The van der Waals surface area contributed by atoms with Crippen molar-refractivity contribution in [3.8, 4) is 0 Å². The molecule has 0 aliphatic carbocycles. The quantitative estimate of drug-likeness (QED) is 0.714. The van der Waals surface area contributed by atoms with Crippen molar-refractivity contribution in [3.63, 3.8) is 0 Å². The van der Waals surface area contributed by atoms with E-state index in [1.165, 1.54) is 6.07 Å². The summed E-state index contributed by atoms with van der Waals surface area (Å²) in [6.45, 7) is 6.96. The van der Waals surface area contributed by atoms with Gasteiger partial charge in [-0.25, -0.2) is 12.8 Å². The van der Waals surface area contributed by atoms with E-state index < -0.39 is 9.84 Å². The maximum atomic E-state index is 14.0. The van der Waals surface area contributed by atoms with Crippen LogP contribution in [0.4, 0.5) is 10.1 Å². The fourth-order valence-electron chi connectivity index (χ4n) is 4.13. The van der Waals surface area contributed by atoms with Crippen molar-refractivity contribution in [2.75, 3.05) is 49.1 Å². The molecule has 2 saturated heterocycles. The van der Waals surface area contributed by atoms with Crippen molar-refractivity contribution in [2.45, 2.75) is 38.8 Å². The minimum absolute atomic E-state index is 0.00390. The van der Waals surface area contributed by atoms with Gasteiger partial charge in [0, 0.05) is 38.3 Å². The minimum atomic E-state index is -3.04. The molecule has 6 nitrogen and oxygen atoms in total. The van der Waals surface area contributed by atoms with Gasteiger partial charge in [0.2, 0.25) is 5.91 Å². The first kappa shape index (κ1) is 21.0. The summed E-state index contributed by atoms with van der Waals surface area (Å²) in [5.41, 5.74) is 0.603. The van der Waals surface area contributed by atoms with E-state index in [2.05, 4.69) is 4.90 Å². The lowest BCUT2D eigenvalue weighted by atomic mass is 10.1. The van der Waals surface area contributed by atoms with Crippen molar-refractivity contribution in [1.29, 1.82) is 0 Å². The maximum Gasteiger partial charge on any atom is 0.237 e. The van der Waals surface area contributed by atoms with E-state index in [1.807, 2.05) is 24.8 Å². The molecule has 2 aliphatic rings. The molecule has 156 valence electrons. The van der Waals surface area contributed by atoms with Crippen molar-refractivity contribution >= 4 is 21.4 Å². The number of para-hydroxylation sites is 1. The van der Waals surface area contributed by atoms with Gasteiger partial charge in [-0.2, -0.15) is 0 Å². The van der Waals surface area contributed by atoms with Crippen LogP contribution in [0.1, 0.15) is 26.7 Å². The van der Waals surface area contributed by atoms with Gasteiger partial charge < -0.3 is 9.80 Å². The zero-order valence-electron chi connectivity index (χ0n) is 16.7. The average Bonchev–Trinajstić information content (AvgIpc) is 3.02. The highest BCUT2D eigenvalue weighted by Gasteiger charge is 2.37. The SMILES string of the molecule is CC[C@@H](C)N(C(=O)CN1CCN(c2ccccc2F)CC1)[C@@H]1CCS(=O)(=O)C1. The fourth-order valence-corrected chi connectivity index (χ4v) is 5.84. The summed E-state index contributed by atoms with van der Waals surface area (Å²) in [7, 11) is -3.04. The Kier molecular flexibility index (Phi) is 6.60. The number of anilines is 1. The van der Waals surface area contributed by atoms with Crippen LogP contribution in [0.5, 0.6) is 0 Å². The third-order valence-corrected chi connectivity index (χ3v) is 7.63. The Morgan fingerprint density at radius 1 is 1.25 bits per heavy atom. The van der Waals surface area contributed by atoms with Crippen LogP contribution in [0.25, 0.3) is 0 Å². The molecule has 0 N–H and O–H groups in total. The van der Waals surface area contributed by atoms with Crippen LogP contribution in [-0.2, 0) is 14.6 Å². The average molecular weight is 412 g/mol. The second kappa shape index (κ2) is 8.78. The van der Waals surface area contributed by atoms with Gasteiger partial charge in [0.05, 0.1) is 23.7 Å². The highest BCUT2D eigenvalue weighted by atomic mass is 32.2. The minimum Gasteiger partial charge on any atom is -0.367 e. The largest absolute Gasteiger partial charge is 0.367 e. The van der Waals surface area contributed by atoms with Crippen LogP contribution >= 0.6 is 0 Å². The van der Waals surface area contributed by atoms with Gasteiger partial charge in [0.1, 0.15) is 5.82 Å². The Hall–Kier alpha value is -1.67. The van der Waals surface area contributed by atoms with Gasteiger partial charge in [0.15, 0.2) is 9.84 Å². The zero-order chi connectivity index (χ0) is 20.3. The number of piperazine rings is 1. The van der Waals surface area contributed by atoms with E-state index in [0.717, 1.165) is 6.42 Å². The number of sulfone groups is 1. The molecule has 8 heteroatoms. The first-order chi connectivity index (χ1) is 13.3. The third-order valence-electron chi connectivity index (χ3n) is 5.88. The van der Waals surface area contributed by atoms with Crippen LogP contribution < -0.4 is 4.90 Å². The number of nitrogens with zero attached hydrogens (tertiary/aromatic N) is 3. The molecule has 0 spiro atoms. The highest BCUT2D eigenvalue weighted by molar-refractivity contribution is 7.91. The third kappa shape index (κ3) is 4.84. The number of benzene rings is 1. The van der Waals surface area contributed by atoms with Crippen molar-refractivity contribution in [3.05, 3.63) is 30.1 Å². The number of rotatable bonds is 6. The molecule has 1 aromatic carbocycles. The second-order valence-corrected chi connectivity index (χ2v) is 10.1. The van der Waals surface area contributed by atoms with Gasteiger partial charge in [-0.15, -0.1) is 0 Å². The first-order valence-electron chi connectivity index (χ1n) is 10.0. The molecule has 0 aromatic heterocycles. The van der Waals surface area contributed by atoms with E-state index in [-0.39, 0.29) is 41.9 Å². The molecule has 2 aliphatic heterocycles. The summed E-state index contributed by atoms with van der Waals surface area (Å²) in [5.74, 6) is 0.0109. The van der Waals surface area contributed by atoms with E-state index in [4.69, 9.17) is 0 Å². The Bertz CT molecular complexity index is 794.